The molecule has 2 aromatic heterocycles. The Bertz CT molecular complexity index is 1470. The maximum absolute atomic E-state index is 13.1. The molecule has 5 rings (SSSR count). The highest BCUT2D eigenvalue weighted by Gasteiger charge is 2.19. The molecular formula is C24H15Cl3N4O. The molecule has 0 saturated carbocycles. The Kier molecular flexibility index (Phi) is 5.47. The maximum Gasteiger partial charge on any atom is 0.367 e. The van der Waals surface area contributed by atoms with Crippen LogP contribution in [0.4, 0.5) is 0 Å². The van der Waals surface area contributed by atoms with Gasteiger partial charge in [0.15, 0.2) is 5.65 Å². The molecule has 32 heavy (non-hydrogen) atoms. The van der Waals surface area contributed by atoms with E-state index in [1.165, 1.54) is 9.20 Å². The summed E-state index contributed by atoms with van der Waals surface area (Å²) >= 11 is 18.2. The van der Waals surface area contributed by atoms with Crippen molar-refractivity contribution in [3.05, 3.63) is 110 Å². The minimum absolute atomic E-state index is 0.301. The van der Waals surface area contributed by atoms with Gasteiger partial charge in [0.25, 0.3) is 0 Å². The fraction of sp³-hybridized carbons (Fsp3) is 0.0417. The Morgan fingerprint density at radius 3 is 1.84 bits per heavy atom. The summed E-state index contributed by atoms with van der Waals surface area (Å²) in [5.41, 5.74) is 4.44. The Balaban J connectivity index is 1.73. The fourth-order valence-electron chi connectivity index (χ4n) is 3.58. The van der Waals surface area contributed by atoms with Gasteiger partial charge in [0.1, 0.15) is 0 Å². The molecule has 0 aliphatic rings. The van der Waals surface area contributed by atoms with Crippen molar-refractivity contribution in [2.45, 2.75) is 6.54 Å². The summed E-state index contributed by atoms with van der Waals surface area (Å²) in [5.74, 6) is 0. The van der Waals surface area contributed by atoms with Crippen LogP contribution in [-0.2, 0) is 6.54 Å². The number of halogens is 3. The van der Waals surface area contributed by atoms with E-state index < -0.39 is 0 Å². The highest BCUT2D eigenvalue weighted by molar-refractivity contribution is 6.31. The molecule has 5 nitrogen and oxygen atoms in total. The number of hydrogen-bond donors (Lipinski definition) is 0. The van der Waals surface area contributed by atoms with E-state index >= 15 is 0 Å². The lowest BCUT2D eigenvalue weighted by Gasteiger charge is -2.11. The molecule has 0 N–H and O–H groups in total. The molecule has 2 heterocycles. The Morgan fingerprint density at radius 1 is 0.719 bits per heavy atom. The first kappa shape index (κ1) is 20.8. The van der Waals surface area contributed by atoms with Crippen molar-refractivity contribution in [2.24, 2.45) is 0 Å². The van der Waals surface area contributed by atoms with Crippen molar-refractivity contribution in [3.63, 3.8) is 0 Å². The van der Waals surface area contributed by atoms with E-state index in [0.717, 1.165) is 27.8 Å². The zero-order valence-corrected chi connectivity index (χ0v) is 18.8. The van der Waals surface area contributed by atoms with Crippen molar-refractivity contribution < 1.29 is 0 Å². The smallest absolute Gasteiger partial charge is 0.244 e. The number of benzene rings is 3. The average Bonchev–Trinajstić information content (AvgIpc) is 3.11. The SMILES string of the molecule is O=c1n(Cc2ccc(Cl)cc2)nc2c(-c3ccc(Cl)cc3)c(-c3ccc(Cl)cc3)cnn12. The van der Waals surface area contributed by atoms with Crippen LogP contribution in [0.3, 0.4) is 0 Å². The third-order valence-electron chi connectivity index (χ3n) is 5.15. The van der Waals surface area contributed by atoms with Gasteiger partial charge in [-0.1, -0.05) is 71.2 Å². The maximum atomic E-state index is 13.1. The summed E-state index contributed by atoms with van der Waals surface area (Å²) < 4.78 is 2.72. The molecule has 0 spiro atoms. The van der Waals surface area contributed by atoms with E-state index in [-0.39, 0.29) is 5.69 Å². The number of fused-ring (bicyclic) bond motifs is 1. The lowest BCUT2D eigenvalue weighted by molar-refractivity contribution is 0.650. The van der Waals surface area contributed by atoms with Crippen LogP contribution in [0.5, 0.6) is 0 Å². The second-order valence-electron chi connectivity index (χ2n) is 7.25. The molecule has 8 heteroatoms. The van der Waals surface area contributed by atoms with Crippen LogP contribution in [0.15, 0.2) is 83.8 Å². The number of aromatic nitrogens is 4. The topological polar surface area (TPSA) is 52.2 Å². The van der Waals surface area contributed by atoms with E-state index in [4.69, 9.17) is 34.8 Å². The van der Waals surface area contributed by atoms with Gasteiger partial charge in [0, 0.05) is 26.2 Å². The highest BCUT2D eigenvalue weighted by atomic mass is 35.5. The van der Waals surface area contributed by atoms with Crippen molar-refractivity contribution >= 4 is 40.4 Å². The predicted octanol–water partition coefficient (Wildman–Crippen LogP) is 6.23. The van der Waals surface area contributed by atoms with Crippen LogP contribution >= 0.6 is 34.8 Å². The Hall–Kier alpha value is -3.12. The van der Waals surface area contributed by atoms with Gasteiger partial charge in [0.2, 0.25) is 0 Å². The van der Waals surface area contributed by atoms with Gasteiger partial charge in [-0.05, 0) is 53.1 Å². The summed E-state index contributed by atoms with van der Waals surface area (Å²) in [6, 6.07) is 22.2. The summed E-state index contributed by atoms with van der Waals surface area (Å²) in [6.07, 6.45) is 1.68. The zero-order chi connectivity index (χ0) is 22.2. The third-order valence-corrected chi connectivity index (χ3v) is 5.90. The van der Waals surface area contributed by atoms with Gasteiger partial charge >= 0.3 is 5.69 Å². The van der Waals surface area contributed by atoms with E-state index in [9.17, 15) is 4.79 Å². The first-order chi connectivity index (χ1) is 15.5. The highest BCUT2D eigenvalue weighted by Crippen LogP contribution is 2.35. The van der Waals surface area contributed by atoms with Gasteiger partial charge in [0.05, 0.1) is 12.7 Å². The van der Waals surface area contributed by atoms with Crippen LogP contribution in [0.25, 0.3) is 27.9 Å². The normalized spacial score (nSPS) is 11.2. The van der Waals surface area contributed by atoms with Crippen LogP contribution in [0, 0.1) is 0 Å². The fourth-order valence-corrected chi connectivity index (χ4v) is 3.95. The first-order valence-electron chi connectivity index (χ1n) is 9.75. The summed E-state index contributed by atoms with van der Waals surface area (Å²) in [4.78, 5) is 13.1. The van der Waals surface area contributed by atoms with Crippen molar-refractivity contribution in [1.82, 2.24) is 19.4 Å². The average molecular weight is 482 g/mol. The molecule has 3 aromatic carbocycles. The second-order valence-corrected chi connectivity index (χ2v) is 8.56. The number of rotatable bonds is 4. The molecule has 0 radical (unpaired) electrons. The predicted molar refractivity (Wildman–Crippen MR) is 129 cm³/mol. The Labute approximate surface area is 198 Å². The van der Waals surface area contributed by atoms with Gasteiger partial charge in [-0.3, -0.25) is 0 Å². The van der Waals surface area contributed by atoms with E-state index in [2.05, 4.69) is 10.2 Å². The molecule has 0 amide bonds. The van der Waals surface area contributed by atoms with Crippen LogP contribution in [0.2, 0.25) is 15.1 Å². The molecule has 0 aliphatic heterocycles. The molecule has 0 fully saturated rings. The quantitative estimate of drug-likeness (QED) is 0.305. The molecule has 5 aromatic rings. The van der Waals surface area contributed by atoms with Gasteiger partial charge in [-0.25, -0.2) is 9.48 Å². The monoisotopic (exact) mass is 480 g/mol. The van der Waals surface area contributed by atoms with Crippen molar-refractivity contribution in [3.8, 4) is 22.3 Å². The van der Waals surface area contributed by atoms with E-state index in [1.807, 2.05) is 60.7 Å². The molecule has 158 valence electrons. The molecular weight excluding hydrogens is 467 g/mol. The van der Waals surface area contributed by atoms with Crippen LogP contribution < -0.4 is 5.69 Å². The van der Waals surface area contributed by atoms with Crippen molar-refractivity contribution in [2.75, 3.05) is 0 Å². The van der Waals surface area contributed by atoms with Crippen LogP contribution in [0.1, 0.15) is 5.56 Å². The minimum atomic E-state index is -0.326. The lowest BCUT2D eigenvalue weighted by Crippen LogP contribution is -2.22. The van der Waals surface area contributed by atoms with E-state index in [1.54, 1.807) is 18.3 Å². The summed E-state index contributed by atoms with van der Waals surface area (Å²) in [6.45, 7) is 0.301. The van der Waals surface area contributed by atoms with Gasteiger partial charge in [-0.2, -0.15) is 9.61 Å². The lowest BCUT2D eigenvalue weighted by atomic mass is 9.97. The van der Waals surface area contributed by atoms with Crippen molar-refractivity contribution in [1.29, 1.82) is 0 Å². The largest absolute Gasteiger partial charge is 0.367 e. The minimum Gasteiger partial charge on any atom is -0.244 e. The Morgan fingerprint density at radius 2 is 1.25 bits per heavy atom. The summed E-state index contributed by atoms with van der Waals surface area (Å²) in [7, 11) is 0. The second kappa shape index (κ2) is 8.43. The van der Waals surface area contributed by atoms with E-state index in [0.29, 0.717) is 27.3 Å². The standard InChI is InChI=1S/C24H15Cl3N4O/c25-18-7-1-15(2-8-18)14-30-24(32)31-23(29-30)22(17-5-11-20(27)12-6-17)21(13-28-31)16-3-9-19(26)10-4-16/h1-13H,14H2. The molecule has 0 bridgehead atoms. The third kappa shape index (κ3) is 3.91. The first-order valence-corrected chi connectivity index (χ1v) is 10.9. The van der Waals surface area contributed by atoms with Crippen LogP contribution in [-0.4, -0.2) is 19.4 Å². The van der Waals surface area contributed by atoms with Gasteiger partial charge < -0.3 is 0 Å². The molecule has 0 saturated heterocycles. The summed E-state index contributed by atoms with van der Waals surface area (Å²) in [5, 5.41) is 10.9. The molecule has 0 unspecified atom stereocenters. The molecule has 0 atom stereocenters. The zero-order valence-electron chi connectivity index (χ0n) is 16.5. The number of hydrogen-bond acceptors (Lipinski definition) is 3. The van der Waals surface area contributed by atoms with Gasteiger partial charge in [-0.15, -0.1) is 5.10 Å². The molecule has 0 aliphatic carbocycles. The number of nitrogens with zero attached hydrogens (tertiary/aromatic N) is 4.